The second-order valence-electron chi connectivity index (χ2n) is 21.6. The van der Waals surface area contributed by atoms with E-state index in [0.717, 1.165) is 25.8 Å². The number of hydrogen-bond donors (Lipinski definition) is 0. The number of carbonyl (C=O) groups is 1. The summed E-state index contributed by atoms with van der Waals surface area (Å²) >= 11 is 0. The lowest BCUT2D eigenvalue weighted by Gasteiger charge is -2.17. The van der Waals surface area contributed by atoms with Crippen molar-refractivity contribution in [1.29, 1.82) is 0 Å². The number of hydrogen-bond acceptors (Lipinski definition) is 3. The number of esters is 1. The average molecular weight is 913 g/mol. The maximum absolute atomic E-state index is 12.8. The zero-order chi connectivity index (χ0) is 47.5. The number of carbonyl (C=O) groups excluding carboxylic acids is 1. The highest BCUT2D eigenvalue weighted by atomic mass is 16.5. The number of unbranched alkanes of at least 4 members (excludes halogenated alkanes) is 36. The molecule has 0 aromatic heterocycles. The van der Waals surface area contributed by atoms with E-state index in [1.807, 2.05) is 0 Å². The molecule has 0 N–H and O–H groups in total. The van der Waals surface area contributed by atoms with Crippen LogP contribution in [0.4, 0.5) is 0 Å². The van der Waals surface area contributed by atoms with Gasteiger partial charge in [0.1, 0.15) is 0 Å². The molecule has 0 aliphatic carbocycles. The summed E-state index contributed by atoms with van der Waals surface area (Å²) in [7, 11) is 4.20. The molecule has 0 heterocycles. The van der Waals surface area contributed by atoms with Crippen molar-refractivity contribution in [2.24, 2.45) is 11.8 Å². The highest BCUT2D eigenvalue weighted by molar-refractivity contribution is 5.71. The second-order valence-corrected chi connectivity index (χ2v) is 21.6. The minimum atomic E-state index is -0.0353. The van der Waals surface area contributed by atoms with E-state index < -0.39 is 0 Å². The fourth-order valence-corrected chi connectivity index (χ4v) is 9.97. The van der Waals surface area contributed by atoms with Crippen molar-refractivity contribution >= 4 is 5.97 Å². The molecular weight excluding hydrogens is 791 g/mol. The van der Waals surface area contributed by atoms with Gasteiger partial charge in [0.05, 0.1) is 12.5 Å². The molecule has 3 heteroatoms. The molecule has 0 spiro atoms. The molecule has 0 fully saturated rings. The first kappa shape index (κ1) is 63.9. The summed E-state index contributed by atoms with van der Waals surface area (Å²) in [6.07, 6.45) is 68.5. The maximum Gasteiger partial charge on any atom is 0.308 e. The Hall–Kier alpha value is -1.09. The molecule has 0 bridgehead atoms. The van der Waals surface area contributed by atoms with Crippen LogP contribution in [0.1, 0.15) is 330 Å². The molecule has 2 unspecified atom stereocenters. The Kier molecular flexibility index (Phi) is 51.4. The third kappa shape index (κ3) is 49.2. The van der Waals surface area contributed by atoms with E-state index in [1.54, 1.807) is 11.1 Å². The molecule has 0 rings (SSSR count). The second kappa shape index (κ2) is 52.3. The van der Waals surface area contributed by atoms with Gasteiger partial charge in [0.15, 0.2) is 0 Å². The van der Waals surface area contributed by atoms with E-state index in [9.17, 15) is 4.79 Å². The minimum absolute atomic E-state index is 0.00640. The van der Waals surface area contributed by atoms with E-state index in [0.29, 0.717) is 12.5 Å². The summed E-state index contributed by atoms with van der Waals surface area (Å²) in [6, 6.07) is 0. The molecule has 2 atom stereocenters. The molecule has 0 aliphatic heterocycles. The minimum Gasteiger partial charge on any atom is -0.465 e. The van der Waals surface area contributed by atoms with Crippen molar-refractivity contribution in [3.8, 4) is 0 Å². The summed E-state index contributed by atoms with van der Waals surface area (Å²) < 4.78 is 5.69. The zero-order valence-corrected chi connectivity index (χ0v) is 46.0. The first-order valence-electron chi connectivity index (χ1n) is 30.0. The summed E-state index contributed by atoms with van der Waals surface area (Å²) in [6.45, 7) is 13.0. The van der Waals surface area contributed by atoms with Crippen molar-refractivity contribution < 1.29 is 9.53 Å². The van der Waals surface area contributed by atoms with Crippen LogP contribution in [0, 0.1) is 11.8 Å². The highest BCUT2D eigenvalue weighted by Gasteiger charge is 2.17. The van der Waals surface area contributed by atoms with Crippen LogP contribution in [0.3, 0.4) is 0 Å². The Morgan fingerprint density at radius 1 is 0.415 bits per heavy atom. The van der Waals surface area contributed by atoms with Crippen molar-refractivity contribution in [2.45, 2.75) is 330 Å². The van der Waals surface area contributed by atoms with Crippen LogP contribution in [0.15, 0.2) is 23.3 Å². The predicted octanol–water partition coefficient (Wildman–Crippen LogP) is 21.2. The van der Waals surface area contributed by atoms with Gasteiger partial charge < -0.3 is 9.64 Å². The molecule has 0 saturated carbocycles. The summed E-state index contributed by atoms with van der Waals surface area (Å²) in [5.41, 5.74) is 3.46. The van der Waals surface area contributed by atoms with E-state index in [1.165, 1.54) is 276 Å². The van der Waals surface area contributed by atoms with Crippen molar-refractivity contribution in [2.75, 3.05) is 27.2 Å². The smallest absolute Gasteiger partial charge is 0.308 e. The summed E-state index contributed by atoms with van der Waals surface area (Å²) in [4.78, 5) is 15.0. The van der Waals surface area contributed by atoms with E-state index in [2.05, 4.69) is 65.8 Å². The Morgan fingerprint density at radius 3 is 1.09 bits per heavy atom. The SMILES string of the molecule is CCCCCCCCCCCCCCCCCCC(=CC(C)CC(C)C(=O)OCCCCN(C)C)CCCCCCCC=C(CCCCCCCCCC)CCCCCCCCCCC. The molecule has 0 saturated heterocycles. The third-order valence-corrected chi connectivity index (χ3v) is 14.3. The first-order chi connectivity index (χ1) is 31.8. The van der Waals surface area contributed by atoms with Crippen LogP contribution in [0.2, 0.25) is 0 Å². The van der Waals surface area contributed by atoms with Crippen molar-refractivity contribution in [1.82, 2.24) is 4.90 Å². The average Bonchev–Trinajstić information content (AvgIpc) is 3.29. The van der Waals surface area contributed by atoms with E-state index in [-0.39, 0.29) is 11.9 Å². The third-order valence-electron chi connectivity index (χ3n) is 14.3. The number of nitrogens with zero attached hydrogens (tertiary/aromatic N) is 1. The van der Waals surface area contributed by atoms with Gasteiger partial charge in [-0.3, -0.25) is 4.79 Å². The fraction of sp³-hybridized carbons (Fsp3) is 0.919. The fourth-order valence-electron chi connectivity index (χ4n) is 9.97. The predicted molar refractivity (Wildman–Crippen MR) is 293 cm³/mol. The number of ether oxygens (including phenoxy) is 1. The van der Waals surface area contributed by atoms with Gasteiger partial charge in [0, 0.05) is 0 Å². The van der Waals surface area contributed by atoms with E-state index >= 15 is 0 Å². The van der Waals surface area contributed by atoms with Crippen LogP contribution in [0.25, 0.3) is 0 Å². The van der Waals surface area contributed by atoms with Gasteiger partial charge in [0.25, 0.3) is 0 Å². The lowest BCUT2D eigenvalue weighted by molar-refractivity contribution is -0.148. The molecule has 0 aliphatic rings. The summed E-state index contributed by atoms with van der Waals surface area (Å²) in [5, 5.41) is 0. The molecule has 3 nitrogen and oxygen atoms in total. The lowest BCUT2D eigenvalue weighted by atomic mass is 9.91. The normalized spacial score (nSPS) is 13.3. The van der Waals surface area contributed by atoms with Gasteiger partial charge in [-0.05, 0) is 110 Å². The maximum atomic E-state index is 12.8. The molecule has 65 heavy (non-hydrogen) atoms. The topological polar surface area (TPSA) is 29.5 Å². The molecule has 0 aromatic carbocycles. The quantitative estimate of drug-likeness (QED) is 0.0346. The summed E-state index contributed by atoms with van der Waals surface area (Å²) in [5.74, 6) is 0.379. The first-order valence-corrected chi connectivity index (χ1v) is 30.0. The lowest BCUT2D eigenvalue weighted by Crippen LogP contribution is -2.18. The van der Waals surface area contributed by atoms with Gasteiger partial charge in [-0.1, -0.05) is 270 Å². The van der Waals surface area contributed by atoms with Crippen LogP contribution >= 0.6 is 0 Å². The van der Waals surface area contributed by atoms with Gasteiger partial charge in [-0.2, -0.15) is 0 Å². The van der Waals surface area contributed by atoms with Gasteiger partial charge in [0.2, 0.25) is 0 Å². The largest absolute Gasteiger partial charge is 0.465 e. The molecule has 386 valence electrons. The Morgan fingerprint density at radius 2 is 0.738 bits per heavy atom. The van der Waals surface area contributed by atoms with Crippen LogP contribution in [0.5, 0.6) is 0 Å². The van der Waals surface area contributed by atoms with Gasteiger partial charge in [-0.15, -0.1) is 0 Å². The number of rotatable bonds is 53. The van der Waals surface area contributed by atoms with Gasteiger partial charge in [-0.25, -0.2) is 0 Å². The van der Waals surface area contributed by atoms with Crippen LogP contribution in [-0.2, 0) is 9.53 Å². The van der Waals surface area contributed by atoms with Crippen molar-refractivity contribution in [3.05, 3.63) is 23.3 Å². The van der Waals surface area contributed by atoms with E-state index in [4.69, 9.17) is 4.74 Å². The van der Waals surface area contributed by atoms with Crippen LogP contribution in [-0.4, -0.2) is 38.1 Å². The number of allylic oxidation sites excluding steroid dienone is 4. The Bertz CT molecular complexity index is 1010. The molecule has 0 amide bonds. The van der Waals surface area contributed by atoms with Crippen molar-refractivity contribution in [3.63, 3.8) is 0 Å². The molecular formula is C62H121NO2. The highest BCUT2D eigenvalue weighted by Crippen LogP contribution is 2.25. The standard InChI is InChI=1S/C62H121NO2/c1-8-11-14-17-20-23-24-25-26-27-28-29-31-34-40-45-52-61(57-58(4)56-59(5)62(64)65-55-48-47-54-63(6)7)53-46-41-36-35-39-44-51-60(49-42-37-32-22-19-16-13-10-3)50-43-38-33-30-21-18-15-12-9-2/h51,57-59H,8-50,52-56H2,1-7H3. The van der Waals surface area contributed by atoms with Gasteiger partial charge >= 0.3 is 5.97 Å². The monoisotopic (exact) mass is 912 g/mol. The van der Waals surface area contributed by atoms with Crippen LogP contribution < -0.4 is 0 Å². The Labute approximate surface area is 411 Å². The molecule has 0 aromatic rings. The zero-order valence-electron chi connectivity index (χ0n) is 46.0. The Balaban J connectivity index is 4.80. The molecule has 0 radical (unpaired) electrons.